The second kappa shape index (κ2) is 4.98. The van der Waals surface area contributed by atoms with Crippen LogP contribution in [0.3, 0.4) is 0 Å². The summed E-state index contributed by atoms with van der Waals surface area (Å²) >= 11 is 3.16. The highest BCUT2D eigenvalue weighted by atomic mass is 79.9. The van der Waals surface area contributed by atoms with Crippen molar-refractivity contribution in [1.82, 2.24) is 9.78 Å². The van der Waals surface area contributed by atoms with Gasteiger partial charge in [0.25, 0.3) is 0 Å². The van der Waals surface area contributed by atoms with Gasteiger partial charge in [-0.05, 0) is 45.6 Å². The molecule has 0 fully saturated rings. The Morgan fingerprint density at radius 3 is 2.88 bits per heavy atom. The maximum atomic E-state index is 13.1. The molecule has 1 aromatic heterocycles. The van der Waals surface area contributed by atoms with Gasteiger partial charge in [0.05, 0.1) is 10.7 Å². The minimum atomic E-state index is -0.276. The third-order valence-corrected chi connectivity index (χ3v) is 3.19. The van der Waals surface area contributed by atoms with Crippen LogP contribution in [0.1, 0.15) is 17.2 Å². The molecule has 17 heavy (non-hydrogen) atoms. The van der Waals surface area contributed by atoms with Crippen LogP contribution in [-0.4, -0.2) is 9.78 Å². The number of hydrogen-bond donors (Lipinski definition) is 1. The van der Waals surface area contributed by atoms with Gasteiger partial charge in [-0.3, -0.25) is 4.68 Å². The summed E-state index contributed by atoms with van der Waals surface area (Å²) in [7, 11) is 1.86. The van der Waals surface area contributed by atoms with Crippen LogP contribution < -0.4 is 5.73 Å². The third-order valence-electron chi connectivity index (χ3n) is 2.59. The smallest absolute Gasteiger partial charge is 0.137 e. The molecule has 1 heterocycles. The second-order valence-electron chi connectivity index (χ2n) is 4.01. The molecule has 2 rings (SSSR count). The normalized spacial score (nSPS) is 12.7. The van der Waals surface area contributed by atoms with Gasteiger partial charge in [-0.25, -0.2) is 4.39 Å². The Bertz CT molecular complexity index is 524. The molecule has 0 saturated carbocycles. The average molecular weight is 298 g/mol. The molecule has 90 valence electrons. The first-order valence-electron chi connectivity index (χ1n) is 5.24. The molecule has 0 spiro atoms. The summed E-state index contributed by atoms with van der Waals surface area (Å²) < 4.78 is 15.3. The predicted molar refractivity (Wildman–Crippen MR) is 67.9 cm³/mol. The Morgan fingerprint density at radius 1 is 1.53 bits per heavy atom. The van der Waals surface area contributed by atoms with Gasteiger partial charge >= 0.3 is 0 Å². The number of rotatable bonds is 3. The van der Waals surface area contributed by atoms with E-state index in [1.165, 1.54) is 6.07 Å². The van der Waals surface area contributed by atoms with E-state index in [1.54, 1.807) is 23.0 Å². The van der Waals surface area contributed by atoms with Crippen LogP contribution in [0.25, 0.3) is 0 Å². The molecule has 0 aliphatic rings. The highest BCUT2D eigenvalue weighted by Crippen LogP contribution is 2.22. The summed E-state index contributed by atoms with van der Waals surface area (Å²) in [5.41, 5.74) is 8.05. The van der Waals surface area contributed by atoms with Gasteiger partial charge in [-0.2, -0.15) is 5.10 Å². The van der Waals surface area contributed by atoms with E-state index in [4.69, 9.17) is 5.73 Å². The summed E-state index contributed by atoms with van der Waals surface area (Å²) in [5.74, 6) is -0.276. The first-order chi connectivity index (χ1) is 8.06. The molecule has 0 aliphatic heterocycles. The second-order valence-corrected chi connectivity index (χ2v) is 4.86. The van der Waals surface area contributed by atoms with E-state index in [0.717, 1.165) is 11.1 Å². The molecule has 1 atom stereocenters. The number of nitrogens with zero attached hydrogens (tertiary/aromatic N) is 2. The van der Waals surface area contributed by atoms with E-state index in [0.29, 0.717) is 10.9 Å². The topological polar surface area (TPSA) is 43.8 Å². The Labute approximate surface area is 108 Å². The van der Waals surface area contributed by atoms with Crippen LogP contribution in [0.4, 0.5) is 4.39 Å². The van der Waals surface area contributed by atoms with Crippen LogP contribution in [-0.2, 0) is 13.5 Å². The zero-order chi connectivity index (χ0) is 12.4. The fourth-order valence-electron chi connectivity index (χ4n) is 1.69. The number of aryl methyl sites for hydroxylation is 1. The number of benzene rings is 1. The lowest BCUT2D eigenvalue weighted by Gasteiger charge is -2.11. The van der Waals surface area contributed by atoms with E-state index in [2.05, 4.69) is 21.0 Å². The number of hydrogen-bond acceptors (Lipinski definition) is 2. The molecule has 2 N–H and O–H groups in total. The van der Waals surface area contributed by atoms with Crippen LogP contribution in [0.5, 0.6) is 0 Å². The van der Waals surface area contributed by atoms with Crippen molar-refractivity contribution in [3.63, 3.8) is 0 Å². The summed E-state index contributed by atoms with van der Waals surface area (Å²) in [4.78, 5) is 0. The summed E-state index contributed by atoms with van der Waals surface area (Å²) in [6.45, 7) is 0. The lowest BCUT2D eigenvalue weighted by atomic mass is 10.0. The Balaban J connectivity index is 2.14. The molecule has 2 aromatic rings. The van der Waals surface area contributed by atoms with E-state index >= 15 is 0 Å². The first-order valence-corrected chi connectivity index (χ1v) is 6.03. The van der Waals surface area contributed by atoms with Crippen molar-refractivity contribution in [3.05, 3.63) is 52.0 Å². The van der Waals surface area contributed by atoms with Crippen LogP contribution in [0.2, 0.25) is 0 Å². The molecule has 5 heteroatoms. The number of halogens is 2. The maximum Gasteiger partial charge on any atom is 0.137 e. The van der Waals surface area contributed by atoms with Crippen molar-refractivity contribution in [2.45, 2.75) is 12.5 Å². The summed E-state index contributed by atoms with van der Waals surface area (Å²) in [6, 6.07) is 4.69. The van der Waals surface area contributed by atoms with Crippen molar-refractivity contribution in [3.8, 4) is 0 Å². The monoisotopic (exact) mass is 297 g/mol. The van der Waals surface area contributed by atoms with Gasteiger partial charge in [0, 0.05) is 19.3 Å². The summed E-state index contributed by atoms with van der Waals surface area (Å²) in [5, 5.41) is 4.09. The van der Waals surface area contributed by atoms with Crippen LogP contribution in [0, 0.1) is 5.82 Å². The zero-order valence-electron chi connectivity index (χ0n) is 9.40. The molecule has 1 unspecified atom stereocenters. The van der Waals surface area contributed by atoms with E-state index in [9.17, 15) is 4.39 Å². The van der Waals surface area contributed by atoms with E-state index in [1.807, 2.05) is 13.2 Å². The average Bonchev–Trinajstić information content (AvgIpc) is 2.68. The maximum absolute atomic E-state index is 13.1. The SMILES string of the molecule is Cn1cc(CC(N)c2ccc(F)c(Br)c2)cn1. The van der Waals surface area contributed by atoms with Crippen LogP contribution >= 0.6 is 15.9 Å². The standard InChI is InChI=1S/C12H13BrFN3/c1-17-7-8(6-16-17)4-12(15)9-2-3-11(14)10(13)5-9/h2-3,5-7,12H,4,15H2,1H3. The van der Waals surface area contributed by atoms with Gasteiger partial charge in [0.1, 0.15) is 5.82 Å². The highest BCUT2D eigenvalue weighted by Gasteiger charge is 2.10. The van der Waals surface area contributed by atoms with Gasteiger partial charge in [0.2, 0.25) is 0 Å². The molecule has 0 aliphatic carbocycles. The molecular weight excluding hydrogens is 285 g/mol. The summed E-state index contributed by atoms with van der Waals surface area (Å²) in [6.07, 6.45) is 4.41. The molecule has 1 aromatic carbocycles. The van der Waals surface area contributed by atoms with Crippen molar-refractivity contribution in [2.75, 3.05) is 0 Å². The van der Waals surface area contributed by atoms with Gasteiger partial charge < -0.3 is 5.73 Å². The molecule has 0 amide bonds. The highest BCUT2D eigenvalue weighted by molar-refractivity contribution is 9.10. The molecule has 0 radical (unpaired) electrons. The van der Waals surface area contributed by atoms with Crippen molar-refractivity contribution >= 4 is 15.9 Å². The fourth-order valence-corrected chi connectivity index (χ4v) is 2.09. The quantitative estimate of drug-likeness (QED) is 0.946. The Morgan fingerprint density at radius 2 is 2.29 bits per heavy atom. The minimum absolute atomic E-state index is 0.156. The lowest BCUT2D eigenvalue weighted by molar-refractivity contribution is 0.617. The van der Waals surface area contributed by atoms with Crippen molar-refractivity contribution < 1.29 is 4.39 Å². The third kappa shape index (κ3) is 2.92. The van der Waals surface area contributed by atoms with E-state index < -0.39 is 0 Å². The lowest BCUT2D eigenvalue weighted by Crippen LogP contribution is -2.13. The fraction of sp³-hybridized carbons (Fsp3) is 0.250. The first kappa shape index (κ1) is 12.3. The molecule has 3 nitrogen and oxygen atoms in total. The van der Waals surface area contributed by atoms with Crippen LogP contribution in [0.15, 0.2) is 35.1 Å². The van der Waals surface area contributed by atoms with Crippen molar-refractivity contribution in [2.24, 2.45) is 12.8 Å². The van der Waals surface area contributed by atoms with Gasteiger partial charge in [-0.15, -0.1) is 0 Å². The Hall–Kier alpha value is -1.20. The molecule has 0 saturated heterocycles. The number of nitrogens with two attached hydrogens (primary N) is 1. The van der Waals surface area contributed by atoms with E-state index in [-0.39, 0.29) is 11.9 Å². The largest absolute Gasteiger partial charge is 0.324 e. The van der Waals surface area contributed by atoms with Gasteiger partial charge in [0.15, 0.2) is 0 Å². The van der Waals surface area contributed by atoms with Gasteiger partial charge in [-0.1, -0.05) is 6.07 Å². The minimum Gasteiger partial charge on any atom is -0.324 e. The Kier molecular flexibility index (Phi) is 3.59. The van der Waals surface area contributed by atoms with Crippen molar-refractivity contribution in [1.29, 1.82) is 0 Å². The number of aromatic nitrogens is 2. The molecule has 0 bridgehead atoms. The molecular formula is C12H13BrFN3. The predicted octanol–water partition coefficient (Wildman–Crippen LogP) is 2.56. The zero-order valence-corrected chi connectivity index (χ0v) is 11.0.